The van der Waals surface area contributed by atoms with Crippen LogP contribution in [0.3, 0.4) is 0 Å². The van der Waals surface area contributed by atoms with Gasteiger partial charge < -0.3 is 20.1 Å². The summed E-state index contributed by atoms with van der Waals surface area (Å²) in [5.41, 5.74) is 1.91. The highest BCUT2D eigenvalue weighted by Crippen LogP contribution is 2.27. The lowest BCUT2D eigenvalue weighted by Crippen LogP contribution is -2.36. The van der Waals surface area contributed by atoms with Crippen LogP contribution in [0.5, 0.6) is 11.5 Å². The van der Waals surface area contributed by atoms with Gasteiger partial charge in [-0.1, -0.05) is 6.07 Å². The molecular weight excluding hydrogens is 334 g/mol. The first-order valence-electron chi connectivity index (χ1n) is 8.25. The van der Waals surface area contributed by atoms with Crippen LogP contribution in [-0.4, -0.2) is 37.6 Å². The molecule has 138 valence electrons. The number of methoxy groups -OCH3 is 2. The van der Waals surface area contributed by atoms with Crippen molar-refractivity contribution >= 4 is 11.8 Å². The van der Waals surface area contributed by atoms with E-state index >= 15 is 0 Å². The van der Waals surface area contributed by atoms with Gasteiger partial charge in [0, 0.05) is 25.4 Å². The summed E-state index contributed by atoms with van der Waals surface area (Å²) < 4.78 is 10.4. The number of pyridine rings is 1. The zero-order chi connectivity index (χ0) is 18.8. The molecule has 0 fully saturated rings. The molecule has 0 aliphatic rings. The molecule has 7 nitrogen and oxygen atoms in total. The zero-order valence-corrected chi connectivity index (χ0v) is 15.0. The first-order valence-corrected chi connectivity index (χ1v) is 8.25. The average molecular weight is 357 g/mol. The quantitative estimate of drug-likeness (QED) is 0.709. The van der Waals surface area contributed by atoms with Crippen molar-refractivity contribution in [2.24, 2.45) is 0 Å². The molecule has 0 aliphatic carbocycles. The van der Waals surface area contributed by atoms with Crippen LogP contribution in [0.4, 0.5) is 0 Å². The Hall–Kier alpha value is -3.09. The number of nitrogens with zero attached hydrogens (tertiary/aromatic N) is 1. The highest BCUT2D eigenvalue weighted by molar-refractivity contribution is 5.84. The van der Waals surface area contributed by atoms with Gasteiger partial charge in [-0.05, 0) is 41.8 Å². The summed E-state index contributed by atoms with van der Waals surface area (Å²) in [4.78, 5) is 27.6. The molecule has 1 aromatic heterocycles. The van der Waals surface area contributed by atoms with E-state index < -0.39 is 0 Å². The lowest BCUT2D eigenvalue weighted by molar-refractivity contribution is -0.126. The molecule has 2 N–H and O–H groups in total. The monoisotopic (exact) mass is 357 g/mol. The number of carbonyl (C=O) groups is 2. The molecule has 0 spiro atoms. The smallest absolute Gasteiger partial charge is 0.239 e. The van der Waals surface area contributed by atoms with E-state index in [0.717, 1.165) is 11.1 Å². The molecule has 7 heteroatoms. The second-order valence-electron chi connectivity index (χ2n) is 5.60. The molecule has 26 heavy (non-hydrogen) atoms. The summed E-state index contributed by atoms with van der Waals surface area (Å²) >= 11 is 0. The van der Waals surface area contributed by atoms with E-state index in [1.165, 1.54) is 0 Å². The Kier molecular flexibility index (Phi) is 7.42. The van der Waals surface area contributed by atoms with Crippen LogP contribution in [0.2, 0.25) is 0 Å². The summed E-state index contributed by atoms with van der Waals surface area (Å²) in [5.74, 6) is 0.854. The van der Waals surface area contributed by atoms with E-state index in [0.29, 0.717) is 24.5 Å². The highest BCUT2D eigenvalue weighted by Gasteiger charge is 2.08. The van der Waals surface area contributed by atoms with Crippen LogP contribution in [0.25, 0.3) is 0 Å². The number of nitrogens with one attached hydrogen (secondary N) is 2. The third-order valence-corrected chi connectivity index (χ3v) is 3.77. The first kappa shape index (κ1) is 19.2. The number of amides is 2. The Balaban J connectivity index is 1.71. The van der Waals surface area contributed by atoms with Crippen molar-refractivity contribution in [1.29, 1.82) is 0 Å². The van der Waals surface area contributed by atoms with Crippen LogP contribution in [0.1, 0.15) is 17.5 Å². The summed E-state index contributed by atoms with van der Waals surface area (Å²) in [6.07, 6.45) is 4.16. The van der Waals surface area contributed by atoms with Crippen molar-refractivity contribution in [2.45, 2.75) is 19.4 Å². The van der Waals surface area contributed by atoms with Crippen LogP contribution in [0, 0.1) is 0 Å². The molecule has 0 atom stereocenters. The van der Waals surface area contributed by atoms with Gasteiger partial charge in [-0.25, -0.2) is 0 Å². The lowest BCUT2D eigenvalue weighted by atomic mass is 10.1. The van der Waals surface area contributed by atoms with Gasteiger partial charge in [0.1, 0.15) is 0 Å². The van der Waals surface area contributed by atoms with Gasteiger partial charge in [-0.3, -0.25) is 14.6 Å². The average Bonchev–Trinajstić information content (AvgIpc) is 2.69. The fourth-order valence-corrected chi connectivity index (χ4v) is 2.33. The normalized spacial score (nSPS) is 10.1. The molecule has 2 amide bonds. The first-order chi connectivity index (χ1) is 12.6. The summed E-state index contributed by atoms with van der Waals surface area (Å²) in [6.45, 7) is 0.360. The van der Waals surface area contributed by atoms with Crippen LogP contribution >= 0.6 is 0 Å². The van der Waals surface area contributed by atoms with Crippen molar-refractivity contribution in [3.8, 4) is 11.5 Å². The van der Waals surface area contributed by atoms with Crippen molar-refractivity contribution in [3.05, 3.63) is 53.9 Å². The Labute approximate surface area is 152 Å². The topological polar surface area (TPSA) is 89.5 Å². The number of rotatable bonds is 9. The van der Waals surface area contributed by atoms with Gasteiger partial charge in [-0.15, -0.1) is 0 Å². The molecule has 0 saturated heterocycles. The molecule has 1 aromatic carbocycles. The molecule has 2 rings (SSSR count). The predicted octanol–water partition coefficient (Wildman–Crippen LogP) is 1.46. The molecule has 0 unspecified atom stereocenters. The third kappa shape index (κ3) is 6.08. The minimum Gasteiger partial charge on any atom is -0.493 e. The Bertz CT molecular complexity index is 735. The Morgan fingerprint density at radius 2 is 1.65 bits per heavy atom. The summed E-state index contributed by atoms with van der Waals surface area (Å²) in [7, 11) is 3.14. The van der Waals surface area contributed by atoms with Gasteiger partial charge in [0.05, 0.1) is 20.8 Å². The molecule has 0 saturated carbocycles. The van der Waals surface area contributed by atoms with Gasteiger partial charge in [0.15, 0.2) is 11.5 Å². The fourth-order valence-electron chi connectivity index (χ4n) is 2.33. The number of ether oxygens (including phenoxy) is 2. The number of hydrogen-bond donors (Lipinski definition) is 2. The van der Waals surface area contributed by atoms with Crippen LogP contribution in [-0.2, 0) is 22.6 Å². The van der Waals surface area contributed by atoms with E-state index in [4.69, 9.17) is 9.47 Å². The second kappa shape index (κ2) is 10.0. The standard InChI is InChI=1S/C19H23N3O4/c1-25-16-5-3-14(11-17(16)26-2)4-6-18(23)22-13-19(24)21-12-15-7-9-20-10-8-15/h3,5,7-11H,4,6,12-13H2,1-2H3,(H,21,24)(H,22,23). The van der Waals surface area contributed by atoms with E-state index in [1.54, 1.807) is 32.7 Å². The molecule has 0 bridgehead atoms. The van der Waals surface area contributed by atoms with E-state index in [2.05, 4.69) is 15.6 Å². The minimum atomic E-state index is -0.235. The number of benzene rings is 1. The number of aryl methyl sites for hydroxylation is 1. The van der Waals surface area contributed by atoms with Gasteiger partial charge >= 0.3 is 0 Å². The number of carbonyl (C=O) groups excluding carboxylic acids is 2. The van der Waals surface area contributed by atoms with E-state index in [9.17, 15) is 9.59 Å². The Morgan fingerprint density at radius 1 is 0.923 bits per heavy atom. The largest absolute Gasteiger partial charge is 0.493 e. The fraction of sp³-hybridized carbons (Fsp3) is 0.316. The van der Waals surface area contributed by atoms with Crippen molar-refractivity contribution in [2.75, 3.05) is 20.8 Å². The lowest BCUT2D eigenvalue weighted by Gasteiger charge is -2.10. The SMILES string of the molecule is COc1ccc(CCC(=O)NCC(=O)NCc2ccncc2)cc1OC. The van der Waals surface area contributed by atoms with Crippen molar-refractivity contribution in [1.82, 2.24) is 15.6 Å². The molecule has 2 aromatic rings. The highest BCUT2D eigenvalue weighted by atomic mass is 16.5. The Morgan fingerprint density at radius 3 is 2.35 bits per heavy atom. The van der Waals surface area contributed by atoms with E-state index in [-0.39, 0.29) is 24.8 Å². The second-order valence-corrected chi connectivity index (χ2v) is 5.60. The number of hydrogen-bond acceptors (Lipinski definition) is 5. The maximum atomic E-state index is 11.9. The molecule has 0 radical (unpaired) electrons. The third-order valence-electron chi connectivity index (χ3n) is 3.77. The van der Waals surface area contributed by atoms with Crippen LogP contribution < -0.4 is 20.1 Å². The molecule has 1 heterocycles. The maximum absolute atomic E-state index is 11.9. The maximum Gasteiger partial charge on any atom is 0.239 e. The predicted molar refractivity (Wildman–Crippen MR) is 97.0 cm³/mol. The molecule has 0 aliphatic heterocycles. The van der Waals surface area contributed by atoms with Crippen molar-refractivity contribution < 1.29 is 19.1 Å². The zero-order valence-electron chi connectivity index (χ0n) is 15.0. The summed E-state index contributed by atoms with van der Waals surface area (Å²) in [6, 6.07) is 9.17. The van der Waals surface area contributed by atoms with Gasteiger partial charge in [0.25, 0.3) is 0 Å². The van der Waals surface area contributed by atoms with Gasteiger partial charge in [-0.2, -0.15) is 0 Å². The van der Waals surface area contributed by atoms with Gasteiger partial charge in [0.2, 0.25) is 11.8 Å². The number of aromatic nitrogens is 1. The van der Waals surface area contributed by atoms with Crippen molar-refractivity contribution in [3.63, 3.8) is 0 Å². The van der Waals surface area contributed by atoms with E-state index in [1.807, 2.05) is 24.3 Å². The van der Waals surface area contributed by atoms with Crippen LogP contribution in [0.15, 0.2) is 42.7 Å². The molecular formula is C19H23N3O4. The minimum absolute atomic E-state index is 0.0458. The summed E-state index contributed by atoms with van der Waals surface area (Å²) in [5, 5.41) is 5.36.